The summed E-state index contributed by atoms with van der Waals surface area (Å²) in [7, 11) is -3.68. The molecule has 1 aliphatic heterocycles. The summed E-state index contributed by atoms with van der Waals surface area (Å²) < 4.78 is 34.4. The average molecular weight is 580 g/mol. The lowest BCUT2D eigenvalue weighted by Gasteiger charge is -2.27. The summed E-state index contributed by atoms with van der Waals surface area (Å²) in [4.78, 5) is 28.3. The summed E-state index contributed by atoms with van der Waals surface area (Å²) in [5.74, 6) is -1.71. The molecule has 6 nitrogen and oxygen atoms in total. The van der Waals surface area contributed by atoms with Crippen LogP contribution in [-0.4, -0.2) is 25.8 Å². The Morgan fingerprint density at radius 2 is 1.29 bits per heavy atom. The van der Waals surface area contributed by atoms with Crippen molar-refractivity contribution in [3.05, 3.63) is 138 Å². The standard InChI is InChI=1S/C35H33NO5S/c37-33-32(34(38)41-35(33,22-25-11-4-1-5-12-25)23-26-13-6-2-7-14-26)31(28-19-20-28)29-16-10-15-27(21-29)24-36-42(39,40)30-17-8-3-9-18-30/h1-18,21,28,31-32,36H,19-20,22-24H2. The van der Waals surface area contributed by atoms with E-state index in [0.717, 1.165) is 35.1 Å². The largest absolute Gasteiger partial charge is 0.450 e. The Labute approximate surface area is 246 Å². The number of carbonyl (C=O) groups is 2. The van der Waals surface area contributed by atoms with Gasteiger partial charge in [-0.05, 0) is 53.1 Å². The van der Waals surface area contributed by atoms with Gasteiger partial charge in [-0.3, -0.25) is 9.59 Å². The first-order valence-electron chi connectivity index (χ1n) is 14.3. The Bertz CT molecular complexity index is 1630. The third kappa shape index (κ3) is 5.94. The van der Waals surface area contributed by atoms with Crippen molar-refractivity contribution < 1.29 is 22.7 Å². The van der Waals surface area contributed by atoms with E-state index in [1.165, 1.54) is 0 Å². The van der Waals surface area contributed by atoms with Gasteiger partial charge in [-0.2, -0.15) is 0 Å². The molecule has 0 aromatic heterocycles. The van der Waals surface area contributed by atoms with Crippen LogP contribution in [0.15, 0.2) is 120 Å². The van der Waals surface area contributed by atoms with Gasteiger partial charge < -0.3 is 4.74 Å². The first kappa shape index (κ1) is 28.1. The maximum absolute atomic E-state index is 14.5. The molecule has 0 amide bonds. The van der Waals surface area contributed by atoms with Crippen molar-refractivity contribution in [3.63, 3.8) is 0 Å². The van der Waals surface area contributed by atoms with Gasteiger partial charge in [-0.15, -0.1) is 0 Å². The highest BCUT2D eigenvalue weighted by atomic mass is 32.2. The monoisotopic (exact) mass is 579 g/mol. The highest BCUT2D eigenvalue weighted by Gasteiger charge is 2.59. The van der Waals surface area contributed by atoms with E-state index in [9.17, 15) is 18.0 Å². The number of benzene rings is 4. The highest BCUT2D eigenvalue weighted by molar-refractivity contribution is 7.89. The van der Waals surface area contributed by atoms with Gasteiger partial charge in [-0.25, -0.2) is 13.1 Å². The van der Waals surface area contributed by atoms with E-state index < -0.39 is 27.5 Å². The zero-order valence-corrected chi connectivity index (χ0v) is 24.0. The van der Waals surface area contributed by atoms with E-state index in [2.05, 4.69) is 4.72 Å². The highest BCUT2D eigenvalue weighted by Crippen LogP contribution is 2.51. The van der Waals surface area contributed by atoms with Gasteiger partial charge >= 0.3 is 5.97 Å². The second kappa shape index (κ2) is 11.7. The molecule has 4 aromatic rings. The molecule has 42 heavy (non-hydrogen) atoms. The molecule has 2 fully saturated rings. The summed E-state index contributed by atoms with van der Waals surface area (Å²) in [6.07, 6.45) is 2.47. The van der Waals surface area contributed by atoms with Crippen molar-refractivity contribution in [2.75, 3.05) is 0 Å². The van der Waals surface area contributed by atoms with E-state index in [-0.39, 0.29) is 29.1 Å². The molecule has 1 aliphatic carbocycles. The summed E-state index contributed by atoms with van der Waals surface area (Å²) in [6.45, 7) is 0.0947. The third-order valence-corrected chi connectivity index (χ3v) is 9.71. The van der Waals surface area contributed by atoms with Gasteiger partial charge in [0.1, 0.15) is 5.92 Å². The van der Waals surface area contributed by atoms with Crippen LogP contribution in [0.1, 0.15) is 41.0 Å². The predicted octanol–water partition coefficient (Wildman–Crippen LogP) is 5.63. The molecule has 2 aliphatic rings. The summed E-state index contributed by atoms with van der Waals surface area (Å²) in [5.41, 5.74) is 2.20. The van der Waals surface area contributed by atoms with Crippen molar-refractivity contribution in [3.8, 4) is 0 Å². The Hall–Kier alpha value is -4.07. The van der Waals surface area contributed by atoms with Gasteiger partial charge in [0.05, 0.1) is 4.90 Å². The minimum absolute atomic E-state index is 0.0947. The molecule has 4 aromatic carbocycles. The fourth-order valence-corrected chi connectivity index (χ4v) is 7.17. The number of ether oxygens (including phenoxy) is 1. The van der Waals surface area contributed by atoms with Crippen LogP contribution in [0.25, 0.3) is 0 Å². The minimum Gasteiger partial charge on any atom is -0.450 e. The van der Waals surface area contributed by atoms with Crippen molar-refractivity contribution in [2.45, 2.75) is 48.6 Å². The zero-order valence-electron chi connectivity index (χ0n) is 23.2. The van der Waals surface area contributed by atoms with Crippen LogP contribution < -0.4 is 4.72 Å². The molecule has 214 valence electrons. The Morgan fingerprint density at radius 1 is 0.738 bits per heavy atom. The Balaban J connectivity index is 1.29. The molecule has 1 heterocycles. The number of sulfonamides is 1. The lowest BCUT2D eigenvalue weighted by Crippen LogP contribution is -2.43. The SMILES string of the molecule is O=C1OC(Cc2ccccc2)(Cc2ccccc2)C(=O)C1C(c1cccc(CNS(=O)(=O)c2ccccc2)c1)C1CC1. The summed E-state index contributed by atoms with van der Waals surface area (Å²) >= 11 is 0. The number of hydrogen-bond acceptors (Lipinski definition) is 5. The van der Waals surface area contributed by atoms with E-state index >= 15 is 0 Å². The Kier molecular flexibility index (Phi) is 7.80. The van der Waals surface area contributed by atoms with Crippen LogP contribution >= 0.6 is 0 Å². The molecule has 1 N–H and O–H groups in total. The number of cyclic esters (lactones) is 1. The number of nitrogens with one attached hydrogen (secondary N) is 1. The maximum Gasteiger partial charge on any atom is 0.318 e. The van der Waals surface area contributed by atoms with Gasteiger partial charge in [0.2, 0.25) is 10.0 Å². The van der Waals surface area contributed by atoms with E-state index in [1.54, 1.807) is 30.3 Å². The quantitative estimate of drug-likeness (QED) is 0.184. The smallest absolute Gasteiger partial charge is 0.318 e. The summed E-state index contributed by atoms with van der Waals surface area (Å²) in [5, 5.41) is 0. The fourth-order valence-electron chi connectivity index (χ4n) is 6.13. The average Bonchev–Trinajstić information content (AvgIpc) is 3.82. The maximum atomic E-state index is 14.5. The second-order valence-corrected chi connectivity index (χ2v) is 13.1. The normalized spacial score (nSPS) is 18.9. The topological polar surface area (TPSA) is 89.5 Å². The predicted molar refractivity (Wildman–Crippen MR) is 160 cm³/mol. The molecular weight excluding hydrogens is 546 g/mol. The lowest BCUT2D eigenvalue weighted by molar-refractivity contribution is -0.152. The number of rotatable bonds is 11. The molecule has 6 rings (SSSR count). The van der Waals surface area contributed by atoms with Gasteiger partial charge in [0, 0.05) is 25.3 Å². The van der Waals surface area contributed by atoms with Gasteiger partial charge in [0.25, 0.3) is 0 Å². The molecule has 0 radical (unpaired) electrons. The molecule has 0 bridgehead atoms. The molecule has 1 saturated heterocycles. The molecule has 2 atom stereocenters. The molecule has 7 heteroatoms. The van der Waals surface area contributed by atoms with E-state index in [1.807, 2.05) is 84.9 Å². The number of hydrogen-bond donors (Lipinski definition) is 1. The molecular formula is C35H33NO5S. The zero-order chi connectivity index (χ0) is 29.2. The van der Waals surface area contributed by atoms with Crippen LogP contribution in [0.5, 0.6) is 0 Å². The van der Waals surface area contributed by atoms with Gasteiger partial charge in [-0.1, -0.05) is 103 Å². The number of carbonyl (C=O) groups excluding carboxylic acids is 2. The van der Waals surface area contributed by atoms with Crippen LogP contribution in [0.4, 0.5) is 0 Å². The van der Waals surface area contributed by atoms with Crippen LogP contribution in [0, 0.1) is 11.8 Å². The van der Waals surface area contributed by atoms with Crippen molar-refractivity contribution in [2.24, 2.45) is 11.8 Å². The van der Waals surface area contributed by atoms with E-state index in [4.69, 9.17) is 4.74 Å². The molecule has 1 saturated carbocycles. The Morgan fingerprint density at radius 3 is 1.86 bits per heavy atom. The first-order valence-corrected chi connectivity index (χ1v) is 15.8. The third-order valence-electron chi connectivity index (χ3n) is 8.29. The number of Topliss-reactive ketones (excluding diaryl/α,β-unsaturated/α-hetero) is 1. The summed E-state index contributed by atoms with van der Waals surface area (Å²) in [6, 6.07) is 35.2. The van der Waals surface area contributed by atoms with Crippen LogP contribution in [0.2, 0.25) is 0 Å². The molecule has 0 spiro atoms. The van der Waals surface area contributed by atoms with Crippen molar-refractivity contribution >= 4 is 21.8 Å². The second-order valence-electron chi connectivity index (χ2n) is 11.3. The minimum atomic E-state index is -3.68. The van der Waals surface area contributed by atoms with Gasteiger partial charge in [0.15, 0.2) is 11.4 Å². The van der Waals surface area contributed by atoms with Crippen molar-refractivity contribution in [1.82, 2.24) is 4.72 Å². The lowest BCUT2D eigenvalue weighted by atomic mass is 9.74. The van der Waals surface area contributed by atoms with E-state index in [0.29, 0.717) is 12.8 Å². The number of ketones is 1. The number of esters is 1. The van der Waals surface area contributed by atoms with Crippen molar-refractivity contribution in [1.29, 1.82) is 0 Å². The first-order chi connectivity index (χ1) is 20.3. The molecule has 2 unspecified atom stereocenters. The fraction of sp³-hybridized carbons (Fsp3) is 0.257. The van der Waals surface area contributed by atoms with Crippen LogP contribution in [-0.2, 0) is 43.7 Å². The van der Waals surface area contributed by atoms with Crippen LogP contribution in [0.3, 0.4) is 0 Å².